The van der Waals surface area contributed by atoms with Gasteiger partial charge < -0.3 is 15.0 Å². The second kappa shape index (κ2) is 9.88. The molecule has 1 fully saturated rings. The molecule has 0 bridgehead atoms. The zero-order valence-corrected chi connectivity index (χ0v) is 20.7. The lowest BCUT2D eigenvalue weighted by atomic mass is 10.0. The first-order chi connectivity index (χ1) is 17.0. The fourth-order valence-corrected chi connectivity index (χ4v) is 6.28. The van der Waals surface area contributed by atoms with E-state index in [1.165, 1.54) is 0 Å². The van der Waals surface area contributed by atoms with Crippen LogP contribution in [0.1, 0.15) is 32.0 Å². The summed E-state index contributed by atoms with van der Waals surface area (Å²) in [6.07, 6.45) is 5.88. The van der Waals surface area contributed by atoms with E-state index in [2.05, 4.69) is 26.7 Å². The van der Waals surface area contributed by atoms with Gasteiger partial charge in [-0.3, -0.25) is 4.98 Å². The maximum absolute atomic E-state index is 12.1. The van der Waals surface area contributed by atoms with E-state index in [0.29, 0.717) is 50.6 Å². The summed E-state index contributed by atoms with van der Waals surface area (Å²) in [6, 6.07) is 10.1. The van der Waals surface area contributed by atoms with Crippen molar-refractivity contribution < 1.29 is 13.2 Å². The zero-order chi connectivity index (χ0) is 24.4. The van der Waals surface area contributed by atoms with Crippen LogP contribution in [0.4, 0.5) is 5.82 Å². The molecule has 5 rings (SSSR count). The Morgan fingerprint density at radius 2 is 1.97 bits per heavy atom. The summed E-state index contributed by atoms with van der Waals surface area (Å²) in [7, 11) is -3.07. The molecule has 0 atom stereocenters. The van der Waals surface area contributed by atoms with Gasteiger partial charge in [0.2, 0.25) is 10.0 Å². The minimum Gasteiger partial charge on any atom is -0.382 e. The lowest BCUT2D eigenvalue weighted by Crippen LogP contribution is -2.26. The quantitative estimate of drug-likeness (QED) is 0.354. The number of hydrogen-bond acceptors (Lipinski definition) is 7. The Balaban J connectivity index is 1.49. The number of sulfonamides is 1. The second-order valence-electron chi connectivity index (χ2n) is 8.76. The number of nitrogen functional groups attached to an aromatic ring is 1. The predicted octanol–water partition coefficient (Wildman–Crippen LogP) is 3.58. The summed E-state index contributed by atoms with van der Waals surface area (Å²) >= 11 is 0. The summed E-state index contributed by atoms with van der Waals surface area (Å²) in [4.78, 5) is 13.7. The van der Waals surface area contributed by atoms with Crippen LogP contribution in [0.2, 0.25) is 0 Å². The molecular formula is C25H30N6O3S. The van der Waals surface area contributed by atoms with E-state index in [1.807, 2.05) is 31.3 Å². The average Bonchev–Trinajstić information content (AvgIpc) is 3.40. The molecule has 0 aliphatic carbocycles. The summed E-state index contributed by atoms with van der Waals surface area (Å²) < 4.78 is 33.7. The SMILES string of the molecule is CCOCc1nc2c(N)nc3cc(-c4cccnc4)ccc3c2n1CCCCN1CCCS1(=O)=O. The molecule has 4 aromatic rings. The molecule has 0 unspecified atom stereocenters. The normalized spacial score (nSPS) is 15.9. The molecule has 9 nitrogen and oxygen atoms in total. The monoisotopic (exact) mass is 494 g/mol. The van der Waals surface area contributed by atoms with Gasteiger partial charge in [0.1, 0.15) is 17.9 Å². The number of aryl methyl sites for hydroxylation is 1. The van der Waals surface area contributed by atoms with Crippen molar-refractivity contribution in [2.24, 2.45) is 0 Å². The summed E-state index contributed by atoms with van der Waals surface area (Å²) in [5.41, 5.74) is 10.8. The van der Waals surface area contributed by atoms with E-state index in [0.717, 1.165) is 46.2 Å². The molecule has 1 saturated heterocycles. The van der Waals surface area contributed by atoms with Crippen molar-refractivity contribution >= 4 is 37.8 Å². The van der Waals surface area contributed by atoms with E-state index in [-0.39, 0.29) is 5.75 Å². The van der Waals surface area contributed by atoms with Gasteiger partial charge in [-0.25, -0.2) is 22.7 Å². The number of anilines is 1. The number of hydrogen-bond donors (Lipinski definition) is 1. The van der Waals surface area contributed by atoms with Crippen LogP contribution in [0.15, 0.2) is 42.7 Å². The van der Waals surface area contributed by atoms with Gasteiger partial charge >= 0.3 is 0 Å². The van der Waals surface area contributed by atoms with Crippen molar-refractivity contribution in [2.75, 3.05) is 31.2 Å². The molecule has 4 heterocycles. The van der Waals surface area contributed by atoms with Crippen molar-refractivity contribution in [2.45, 2.75) is 39.3 Å². The van der Waals surface area contributed by atoms with Crippen LogP contribution < -0.4 is 5.73 Å². The fraction of sp³-hybridized carbons (Fsp3) is 0.400. The van der Waals surface area contributed by atoms with Crippen LogP contribution in [0.3, 0.4) is 0 Å². The Kier molecular flexibility index (Phi) is 6.68. The van der Waals surface area contributed by atoms with Crippen molar-refractivity contribution in [1.29, 1.82) is 0 Å². The van der Waals surface area contributed by atoms with Gasteiger partial charge in [-0.1, -0.05) is 18.2 Å². The van der Waals surface area contributed by atoms with Gasteiger partial charge in [-0.15, -0.1) is 0 Å². The Bertz CT molecular complexity index is 1450. The van der Waals surface area contributed by atoms with E-state index < -0.39 is 10.0 Å². The fourth-order valence-electron chi connectivity index (χ4n) is 4.72. The first kappa shape index (κ1) is 23.7. The van der Waals surface area contributed by atoms with Gasteiger partial charge in [-0.2, -0.15) is 0 Å². The number of fused-ring (bicyclic) bond motifs is 3. The van der Waals surface area contributed by atoms with Crippen molar-refractivity contribution in [3.63, 3.8) is 0 Å². The molecule has 184 valence electrons. The van der Waals surface area contributed by atoms with Crippen LogP contribution in [0.5, 0.6) is 0 Å². The van der Waals surface area contributed by atoms with Crippen LogP contribution in [0.25, 0.3) is 33.1 Å². The topological polar surface area (TPSA) is 116 Å². The highest BCUT2D eigenvalue weighted by Crippen LogP contribution is 2.32. The minimum atomic E-state index is -3.07. The predicted molar refractivity (Wildman–Crippen MR) is 137 cm³/mol. The van der Waals surface area contributed by atoms with E-state index in [4.69, 9.17) is 15.5 Å². The van der Waals surface area contributed by atoms with Crippen molar-refractivity contribution in [1.82, 2.24) is 23.8 Å². The summed E-state index contributed by atoms with van der Waals surface area (Å²) in [5, 5.41) is 0.971. The van der Waals surface area contributed by atoms with Crippen LogP contribution in [0, 0.1) is 0 Å². The number of pyridine rings is 2. The molecule has 0 spiro atoms. The third kappa shape index (κ3) is 4.73. The number of rotatable bonds is 9. The highest BCUT2D eigenvalue weighted by Gasteiger charge is 2.27. The maximum Gasteiger partial charge on any atom is 0.214 e. The number of unbranched alkanes of at least 4 members (excludes halogenated alkanes) is 1. The number of benzene rings is 1. The number of imidazole rings is 1. The standard InChI is InChI=1S/C25H30N6O3S/c1-2-34-17-22-29-23-24(31(22)13-4-3-11-30-12-6-14-35(30,32)33)20-9-8-18(15-21(20)28-25(23)26)19-7-5-10-27-16-19/h5,7-10,15-16H,2-4,6,11-14,17H2,1H3,(H2,26,28). The van der Waals surface area contributed by atoms with Gasteiger partial charge in [0.15, 0.2) is 5.82 Å². The van der Waals surface area contributed by atoms with Crippen molar-refractivity contribution in [3.8, 4) is 11.1 Å². The molecule has 0 radical (unpaired) electrons. The Hall–Kier alpha value is -3.08. The molecule has 3 aromatic heterocycles. The largest absolute Gasteiger partial charge is 0.382 e. The van der Waals surface area contributed by atoms with E-state index in [9.17, 15) is 8.42 Å². The molecule has 0 amide bonds. The van der Waals surface area contributed by atoms with Gasteiger partial charge in [0, 0.05) is 49.6 Å². The van der Waals surface area contributed by atoms with Gasteiger partial charge in [0.25, 0.3) is 0 Å². The molecule has 1 aromatic carbocycles. The first-order valence-corrected chi connectivity index (χ1v) is 13.6. The minimum absolute atomic E-state index is 0.261. The third-order valence-electron chi connectivity index (χ3n) is 6.46. The zero-order valence-electron chi connectivity index (χ0n) is 19.9. The smallest absolute Gasteiger partial charge is 0.214 e. The number of nitrogens with two attached hydrogens (primary N) is 1. The molecule has 1 aliphatic rings. The van der Waals surface area contributed by atoms with Crippen LogP contribution in [-0.2, 0) is 27.9 Å². The number of aromatic nitrogens is 4. The Labute approximate surface area is 205 Å². The summed E-state index contributed by atoms with van der Waals surface area (Å²) in [5.74, 6) is 1.44. The molecule has 0 saturated carbocycles. The highest BCUT2D eigenvalue weighted by atomic mass is 32.2. The first-order valence-electron chi connectivity index (χ1n) is 12.0. The Morgan fingerprint density at radius 3 is 2.71 bits per heavy atom. The molecule has 2 N–H and O–H groups in total. The van der Waals surface area contributed by atoms with Crippen LogP contribution >= 0.6 is 0 Å². The van der Waals surface area contributed by atoms with Crippen molar-refractivity contribution in [3.05, 3.63) is 48.5 Å². The highest BCUT2D eigenvalue weighted by molar-refractivity contribution is 7.89. The average molecular weight is 495 g/mol. The van der Waals surface area contributed by atoms with E-state index >= 15 is 0 Å². The van der Waals surface area contributed by atoms with E-state index in [1.54, 1.807) is 10.5 Å². The Morgan fingerprint density at radius 1 is 1.11 bits per heavy atom. The summed E-state index contributed by atoms with van der Waals surface area (Å²) in [6.45, 7) is 4.77. The molecule has 10 heteroatoms. The van der Waals surface area contributed by atoms with Crippen LogP contribution in [-0.4, -0.2) is 57.7 Å². The number of ether oxygens (including phenoxy) is 1. The second-order valence-corrected chi connectivity index (χ2v) is 10.8. The molecule has 1 aliphatic heterocycles. The lowest BCUT2D eigenvalue weighted by molar-refractivity contribution is 0.126. The van der Waals surface area contributed by atoms with Gasteiger partial charge in [0.05, 0.1) is 16.8 Å². The molecule has 35 heavy (non-hydrogen) atoms. The number of nitrogens with zero attached hydrogens (tertiary/aromatic N) is 5. The third-order valence-corrected chi connectivity index (χ3v) is 8.41. The lowest BCUT2D eigenvalue weighted by Gasteiger charge is -2.15. The molecular weight excluding hydrogens is 464 g/mol. The van der Waals surface area contributed by atoms with Gasteiger partial charge in [-0.05, 0) is 43.9 Å². The maximum atomic E-state index is 12.1.